The summed E-state index contributed by atoms with van der Waals surface area (Å²) in [4.78, 5) is 12.7. The minimum Gasteiger partial charge on any atom is -0.322 e. The maximum atomic E-state index is 12.5. The number of amides is 1. The number of rotatable bonds is 4. The van der Waals surface area contributed by atoms with Crippen molar-refractivity contribution < 1.29 is 13.2 Å². The lowest BCUT2D eigenvalue weighted by Gasteiger charge is -2.15. The number of carbonyl (C=O) groups excluding carboxylic acids is 1. The molecule has 2 aromatic carbocycles. The molecule has 1 N–H and O–H groups in total. The molecule has 25 heavy (non-hydrogen) atoms. The quantitative estimate of drug-likeness (QED) is 0.911. The first-order valence-electron chi connectivity index (χ1n) is 8.37. The van der Waals surface area contributed by atoms with Gasteiger partial charge in [0.05, 0.1) is 4.90 Å². The van der Waals surface area contributed by atoms with Crippen LogP contribution in [0.25, 0.3) is 0 Å². The average Bonchev–Trinajstić information content (AvgIpc) is 3.13. The number of anilines is 1. The van der Waals surface area contributed by atoms with Gasteiger partial charge in [0, 0.05) is 24.3 Å². The van der Waals surface area contributed by atoms with Crippen LogP contribution >= 0.6 is 0 Å². The minimum absolute atomic E-state index is 0.198. The Morgan fingerprint density at radius 3 is 2.28 bits per heavy atom. The normalized spacial score (nSPS) is 15.3. The molecule has 0 aromatic heterocycles. The van der Waals surface area contributed by atoms with Crippen molar-refractivity contribution in [1.29, 1.82) is 0 Å². The van der Waals surface area contributed by atoms with Gasteiger partial charge < -0.3 is 5.32 Å². The summed E-state index contributed by atoms with van der Waals surface area (Å²) in [6, 6.07) is 12.1. The Labute approximate surface area is 148 Å². The van der Waals surface area contributed by atoms with Crippen molar-refractivity contribution in [2.75, 3.05) is 18.4 Å². The van der Waals surface area contributed by atoms with Gasteiger partial charge in [0.2, 0.25) is 10.0 Å². The predicted octanol–water partition coefficient (Wildman–Crippen LogP) is 3.34. The third-order valence-electron chi connectivity index (χ3n) is 4.45. The number of benzene rings is 2. The van der Waals surface area contributed by atoms with Gasteiger partial charge in [-0.3, -0.25) is 4.79 Å². The van der Waals surface area contributed by atoms with Crippen LogP contribution in [0.15, 0.2) is 47.4 Å². The summed E-state index contributed by atoms with van der Waals surface area (Å²) in [5, 5.41) is 2.83. The fourth-order valence-corrected chi connectivity index (χ4v) is 4.48. The van der Waals surface area contributed by atoms with Gasteiger partial charge in [-0.15, -0.1) is 0 Å². The zero-order valence-corrected chi connectivity index (χ0v) is 15.3. The van der Waals surface area contributed by atoms with Gasteiger partial charge >= 0.3 is 0 Å². The van der Waals surface area contributed by atoms with E-state index < -0.39 is 10.0 Å². The van der Waals surface area contributed by atoms with E-state index in [0.717, 1.165) is 24.0 Å². The summed E-state index contributed by atoms with van der Waals surface area (Å²) in [5.74, 6) is -0.198. The molecule has 0 radical (unpaired) electrons. The van der Waals surface area contributed by atoms with Gasteiger partial charge in [0.1, 0.15) is 0 Å². The molecule has 132 valence electrons. The molecule has 1 aliphatic rings. The van der Waals surface area contributed by atoms with Crippen LogP contribution in [0, 0.1) is 13.8 Å². The molecular weight excluding hydrogens is 336 g/mol. The van der Waals surface area contributed by atoms with Crippen molar-refractivity contribution in [1.82, 2.24) is 4.31 Å². The molecule has 0 bridgehead atoms. The molecule has 0 saturated carbocycles. The molecule has 0 unspecified atom stereocenters. The number of hydrogen-bond donors (Lipinski definition) is 1. The summed E-state index contributed by atoms with van der Waals surface area (Å²) in [6.07, 6.45) is 1.81. The van der Waals surface area contributed by atoms with E-state index >= 15 is 0 Å². The van der Waals surface area contributed by atoms with Crippen LogP contribution in [0.3, 0.4) is 0 Å². The van der Waals surface area contributed by atoms with Crippen LogP contribution in [0.1, 0.15) is 34.3 Å². The van der Waals surface area contributed by atoms with Gasteiger partial charge in [-0.2, -0.15) is 4.31 Å². The number of aryl methyl sites for hydroxylation is 2. The van der Waals surface area contributed by atoms with Crippen LogP contribution in [0.4, 0.5) is 5.69 Å². The maximum absolute atomic E-state index is 12.5. The van der Waals surface area contributed by atoms with Crippen molar-refractivity contribution in [3.05, 3.63) is 59.2 Å². The number of sulfonamides is 1. The number of hydrogen-bond acceptors (Lipinski definition) is 3. The predicted molar refractivity (Wildman–Crippen MR) is 98.3 cm³/mol. The van der Waals surface area contributed by atoms with Crippen LogP contribution < -0.4 is 5.32 Å². The summed E-state index contributed by atoms with van der Waals surface area (Å²) in [7, 11) is -3.43. The lowest BCUT2D eigenvalue weighted by molar-refractivity contribution is 0.102. The SMILES string of the molecule is Cc1ccc(C)c(C(=O)Nc2ccc(S(=O)(=O)N3CCCC3)cc2)c1. The second-order valence-corrected chi connectivity index (χ2v) is 8.35. The van der Waals surface area contributed by atoms with Gasteiger partial charge in [-0.25, -0.2) is 8.42 Å². The van der Waals surface area contributed by atoms with E-state index in [1.807, 2.05) is 32.0 Å². The van der Waals surface area contributed by atoms with Crippen molar-refractivity contribution in [2.24, 2.45) is 0 Å². The van der Waals surface area contributed by atoms with E-state index in [0.29, 0.717) is 24.3 Å². The highest BCUT2D eigenvalue weighted by Crippen LogP contribution is 2.22. The maximum Gasteiger partial charge on any atom is 0.255 e. The summed E-state index contributed by atoms with van der Waals surface area (Å²) in [5.41, 5.74) is 3.11. The van der Waals surface area contributed by atoms with Crippen LogP contribution in [-0.4, -0.2) is 31.7 Å². The van der Waals surface area contributed by atoms with Crippen molar-refractivity contribution in [3.63, 3.8) is 0 Å². The molecule has 6 heteroatoms. The van der Waals surface area contributed by atoms with E-state index in [1.165, 1.54) is 4.31 Å². The van der Waals surface area contributed by atoms with Crippen LogP contribution in [0.2, 0.25) is 0 Å². The van der Waals surface area contributed by atoms with Gasteiger partial charge in [-0.1, -0.05) is 17.7 Å². The molecular formula is C19H22N2O3S. The lowest BCUT2D eigenvalue weighted by atomic mass is 10.1. The zero-order chi connectivity index (χ0) is 18.0. The minimum atomic E-state index is -3.43. The molecule has 2 aromatic rings. The Kier molecular flexibility index (Phi) is 4.92. The first-order valence-corrected chi connectivity index (χ1v) is 9.81. The monoisotopic (exact) mass is 358 g/mol. The zero-order valence-electron chi connectivity index (χ0n) is 14.5. The lowest BCUT2D eigenvalue weighted by Crippen LogP contribution is -2.27. The summed E-state index contributed by atoms with van der Waals surface area (Å²) < 4.78 is 26.5. The Morgan fingerprint density at radius 1 is 1.00 bits per heavy atom. The van der Waals surface area contributed by atoms with Crippen molar-refractivity contribution in [3.8, 4) is 0 Å². The van der Waals surface area contributed by atoms with Crippen molar-refractivity contribution in [2.45, 2.75) is 31.6 Å². The van der Waals surface area contributed by atoms with Crippen molar-refractivity contribution >= 4 is 21.6 Å². The molecule has 1 fully saturated rings. The molecule has 1 saturated heterocycles. The molecule has 5 nitrogen and oxygen atoms in total. The topological polar surface area (TPSA) is 66.5 Å². The van der Waals surface area contributed by atoms with E-state index in [-0.39, 0.29) is 10.8 Å². The van der Waals surface area contributed by atoms with E-state index in [4.69, 9.17) is 0 Å². The highest BCUT2D eigenvalue weighted by molar-refractivity contribution is 7.89. The molecule has 0 aliphatic carbocycles. The second kappa shape index (κ2) is 6.98. The Morgan fingerprint density at radius 2 is 1.64 bits per heavy atom. The Bertz CT molecular complexity index is 883. The fraction of sp³-hybridized carbons (Fsp3) is 0.316. The molecule has 0 spiro atoms. The van der Waals surface area contributed by atoms with Crippen LogP contribution in [-0.2, 0) is 10.0 Å². The highest BCUT2D eigenvalue weighted by atomic mass is 32.2. The summed E-state index contributed by atoms with van der Waals surface area (Å²) in [6.45, 7) is 4.98. The van der Waals surface area contributed by atoms with E-state index in [1.54, 1.807) is 24.3 Å². The first kappa shape index (κ1) is 17.6. The smallest absolute Gasteiger partial charge is 0.255 e. The second-order valence-electron chi connectivity index (χ2n) is 6.41. The van der Waals surface area contributed by atoms with Gasteiger partial charge in [0.25, 0.3) is 5.91 Å². The highest BCUT2D eigenvalue weighted by Gasteiger charge is 2.26. The largest absolute Gasteiger partial charge is 0.322 e. The third-order valence-corrected chi connectivity index (χ3v) is 6.37. The van der Waals surface area contributed by atoms with Gasteiger partial charge in [0.15, 0.2) is 0 Å². The van der Waals surface area contributed by atoms with E-state index in [9.17, 15) is 13.2 Å². The Hall–Kier alpha value is -2.18. The first-order chi connectivity index (χ1) is 11.9. The van der Waals surface area contributed by atoms with Gasteiger partial charge in [-0.05, 0) is 62.6 Å². The number of nitrogens with zero attached hydrogens (tertiary/aromatic N) is 1. The Balaban J connectivity index is 1.76. The third kappa shape index (κ3) is 3.75. The average molecular weight is 358 g/mol. The molecule has 1 amide bonds. The molecule has 1 heterocycles. The molecule has 1 aliphatic heterocycles. The number of carbonyl (C=O) groups is 1. The molecule has 3 rings (SSSR count). The standard InChI is InChI=1S/C19H22N2O3S/c1-14-5-6-15(2)18(13-14)19(22)20-16-7-9-17(10-8-16)25(23,24)21-11-3-4-12-21/h5-10,13H,3-4,11-12H2,1-2H3,(H,20,22). The number of nitrogens with one attached hydrogen (secondary N) is 1. The van der Waals surface area contributed by atoms with Crippen LogP contribution in [0.5, 0.6) is 0 Å². The fourth-order valence-electron chi connectivity index (χ4n) is 2.97. The summed E-state index contributed by atoms with van der Waals surface area (Å²) >= 11 is 0. The van der Waals surface area contributed by atoms with E-state index in [2.05, 4.69) is 5.32 Å². The molecule has 0 atom stereocenters.